The first-order valence-electron chi connectivity index (χ1n) is 9.45. The van der Waals surface area contributed by atoms with Crippen LogP contribution in [0.4, 0.5) is 5.69 Å². The van der Waals surface area contributed by atoms with Crippen molar-refractivity contribution < 1.29 is 9.59 Å². The molecule has 0 spiro atoms. The maximum Gasteiger partial charge on any atom is 0.237 e. The SMILES string of the molecule is CC(=O)c1ccc(N2CCN([C@@H](C)C(=O)NC3CCCC3)CC2)cc1. The molecule has 1 aromatic carbocycles. The first-order valence-corrected chi connectivity index (χ1v) is 9.45. The van der Waals surface area contributed by atoms with Crippen LogP contribution in [-0.2, 0) is 4.79 Å². The van der Waals surface area contributed by atoms with Gasteiger partial charge in [-0.2, -0.15) is 0 Å². The number of ketones is 1. The molecule has 5 heteroatoms. The van der Waals surface area contributed by atoms with Crippen LogP contribution in [0.1, 0.15) is 49.9 Å². The molecule has 0 radical (unpaired) electrons. The number of hydrogen-bond acceptors (Lipinski definition) is 4. The van der Waals surface area contributed by atoms with Gasteiger partial charge in [-0.1, -0.05) is 12.8 Å². The van der Waals surface area contributed by atoms with Gasteiger partial charge in [-0.15, -0.1) is 0 Å². The number of nitrogens with zero attached hydrogens (tertiary/aromatic N) is 2. The summed E-state index contributed by atoms with van der Waals surface area (Å²) in [6, 6.07) is 8.13. The van der Waals surface area contributed by atoms with Crippen LogP contribution in [0.5, 0.6) is 0 Å². The molecule has 1 aliphatic carbocycles. The smallest absolute Gasteiger partial charge is 0.237 e. The monoisotopic (exact) mass is 343 g/mol. The standard InChI is InChI=1S/C20H29N3O2/c1-15(20(25)21-18-5-3-4-6-18)22-11-13-23(14-12-22)19-9-7-17(8-10-19)16(2)24/h7-10,15,18H,3-6,11-14H2,1-2H3,(H,21,25)/t15-/m0/s1. The fraction of sp³-hybridized carbons (Fsp3) is 0.600. The van der Waals surface area contributed by atoms with Crippen molar-refractivity contribution in [3.8, 4) is 0 Å². The molecular formula is C20H29N3O2. The molecule has 2 aliphatic rings. The third-order valence-electron chi connectivity index (χ3n) is 5.58. The Labute approximate surface area is 150 Å². The van der Waals surface area contributed by atoms with Crippen molar-refractivity contribution in [1.82, 2.24) is 10.2 Å². The van der Waals surface area contributed by atoms with Crippen LogP contribution in [0.3, 0.4) is 0 Å². The number of piperazine rings is 1. The van der Waals surface area contributed by atoms with E-state index in [-0.39, 0.29) is 17.7 Å². The van der Waals surface area contributed by atoms with Gasteiger partial charge in [0.05, 0.1) is 6.04 Å². The van der Waals surface area contributed by atoms with Gasteiger partial charge in [-0.25, -0.2) is 0 Å². The highest BCUT2D eigenvalue weighted by Crippen LogP contribution is 2.20. The summed E-state index contributed by atoms with van der Waals surface area (Å²) in [5, 5.41) is 3.21. The van der Waals surface area contributed by atoms with Gasteiger partial charge in [0.1, 0.15) is 0 Å². The van der Waals surface area contributed by atoms with E-state index in [9.17, 15) is 9.59 Å². The van der Waals surface area contributed by atoms with Crippen molar-refractivity contribution in [2.24, 2.45) is 0 Å². The summed E-state index contributed by atoms with van der Waals surface area (Å²) >= 11 is 0. The summed E-state index contributed by atoms with van der Waals surface area (Å²) in [5.74, 6) is 0.268. The second-order valence-electron chi connectivity index (χ2n) is 7.29. The van der Waals surface area contributed by atoms with Crippen LogP contribution in [0, 0.1) is 0 Å². The molecule has 136 valence electrons. The lowest BCUT2D eigenvalue weighted by atomic mass is 10.1. The summed E-state index contributed by atoms with van der Waals surface area (Å²) in [5.41, 5.74) is 1.90. The van der Waals surface area contributed by atoms with Gasteiger partial charge in [-0.3, -0.25) is 14.5 Å². The molecule has 0 bridgehead atoms. The second kappa shape index (κ2) is 8.00. The van der Waals surface area contributed by atoms with Crippen molar-refractivity contribution in [2.45, 2.75) is 51.6 Å². The van der Waals surface area contributed by atoms with E-state index >= 15 is 0 Å². The van der Waals surface area contributed by atoms with E-state index in [1.807, 2.05) is 31.2 Å². The van der Waals surface area contributed by atoms with Gasteiger partial charge in [0.25, 0.3) is 0 Å². The van der Waals surface area contributed by atoms with E-state index in [1.165, 1.54) is 12.8 Å². The molecule has 1 N–H and O–H groups in total. The number of carbonyl (C=O) groups excluding carboxylic acids is 2. The van der Waals surface area contributed by atoms with Gasteiger partial charge >= 0.3 is 0 Å². The largest absolute Gasteiger partial charge is 0.369 e. The first kappa shape index (κ1) is 17.9. The molecule has 3 rings (SSSR count). The Morgan fingerprint density at radius 3 is 2.20 bits per heavy atom. The van der Waals surface area contributed by atoms with Crippen molar-refractivity contribution in [1.29, 1.82) is 0 Å². The maximum atomic E-state index is 12.5. The zero-order valence-electron chi connectivity index (χ0n) is 15.3. The van der Waals surface area contributed by atoms with Crippen LogP contribution >= 0.6 is 0 Å². The molecular weight excluding hydrogens is 314 g/mol. The van der Waals surface area contributed by atoms with Crippen molar-refractivity contribution in [3.05, 3.63) is 29.8 Å². The lowest BCUT2D eigenvalue weighted by Crippen LogP contribution is -2.54. The summed E-state index contributed by atoms with van der Waals surface area (Å²) < 4.78 is 0. The van der Waals surface area contributed by atoms with Gasteiger partial charge in [-0.05, 0) is 51.0 Å². The number of nitrogens with one attached hydrogen (secondary N) is 1. The third-order valence-corrected chi connectivity index (χ3v) is 5.58. The van der Waals surface area contributed by atoms with Crippen LogP contribution in [0.25, 0.3) is 0 Å². The normalized spacial score (nSPS) is 20.5. The lowest BCUT2D eigenvalue weighted by Gasteiger charge is -2.38. The lowest BCUT2D eigenvalue weighted by molar-refractivity contribution is -0.126. The third kappa shape index (κ3) is 4.40. The van der Waals surface area contributed by atoms with E-state index in [1.54, 1.807) is 6.92 Å². The molecule has 5 nitrogen and oxygen atoms in total. The molecule has 1 aromatic rings. The average molecular weight is 343 g/mol. The average Bonchev–Trinajstić information content (AvgIpc) is 3.14. The Morgan fingerprint density at radius 2 is 1.64 bits per heavy atom. The Morgan fingerprint density at radius 1 is 1.04 bits per heavy atom. The summed E-state index contributed by atoms with van der Waals surface area (Å²) in [4.78, 5) is 28.4. The number of benzene rings is 1. The molecule has 1 saturated carbocycles. The Hall–Kier alpha value is -1.88. The van der Waals surface area contributed by atoms with E-state index in [0.29, 0.717) is 6.04 Å². The van der Waals surface area contributed by atoms with Crippen molar-refractivity contribution in [2.75, 3.05) is 31.1 Å². The van der Waals surface area contributed by atoms with E-state index in [4.69, 9.17) is 0 Å². The molecule has 25 heavy (non-hydrogen) atoms. The molecule has 1 heterocycles. The van der Waals surface area contributed by atoms with Gasteiger partial charge < -0.3 is 10.2 Å². The number of amides is 1. The summed E-state index contributed by atoms with van der Waals surface area (Å²) in [6.45, 7) is 7.18. The highest BCUT2D eigenvalue weighted by Gasteiger charge is 2.27. The Kier molecular flexibility index (Phi) is 5.74. The quantitative estimate of drug-likeness (QED) is 0.835. The summed E-state index contributed by atoms with van der Waals surface area (Å²) in [7, 11) is 0. The molecule has 0 unspecified atom stereocenters. The second-order valence-corrected chi connectivity index (χ2v) is 7.29. The fourth-order valence-electron chi connectivity index (χ4n) is 3.83. The van der Waals surface area contributed by atoms with Crippen molar-refractivity contribution >= 4 is 17.4 Å². The highest BCUT2D eigenvalue weighted by molar-refractivity contribution is 5.94. The minimum Gasteiger partial charge on any atom is -0.369 e. The maximum absolute atomic E-state index is 12.5. The predicted octanol–water partition coefficient (Wildman–Crippen LogP) is 2.46. The predicted molar refractivity (Wildman–Crippen MR) is 100 cm³/mol. The molecule has 1 aliphatic heterocycles. The van der Waals surface area contributed by atoms with Gasteiger partial charge in [0, 0.05) is 43.5 Å². The Balaban J connectivity index is 1.50. The fourth-order valence-corrected chi connectivity index (χ4v) is 3.83. The molecule has 1 amide bonds. The zero-order chi connectivity index (χ0) is 17.8. The molecule has 0 aromatic heterocycles. The minimum atomic E-state index is -0.0668. The first-order chi connectivity index (χ1) is 12.0. The number of Topliss-reactive ketones (excluding diaryl/α,β-unsaturated/α-hetero) is 1. The van der Waals surface area contributed by atoms with Gasteiger partial charge in [0.2, 0.25) is 5.91 Å². The Bertz CT molecular complexity index is 600. The van der Waals surface area contributed by atoms with E-state index in [0.717, 1.165) is 50.3 Å². The molecule has 2 fully saturated rings. The van der Waals surface area contributed by atoms with Crippen LogP contribution in [-0.4, -0.2) is 54.9 Å². The molecule has 1 atom stereocenters. The van der Waals surface area contributed by atoms with Crippen molar-refractivity contribution in [3.63, 3.8) is 0 Å². The summed E-state index contributed by atoms with van der Waals surface area (Å²) in [6.07, 6.45) is 4.73. The number of hydrogen-bond donors (Lipinski definition) is 1. The van der Waals surface area contributed by atoms with Crippen LogP contribution in [0.2, 0.25) is 0 Å². The number of rotatable bonds is 5. The van der Waals surface area contributed by atoms with E-state index < -0.39 is 0 Å². The topological polar surface area (TPSA) is 52.7 Å². The zero-order valence-corrected chi connectivity index (χ0v) is 15.3. The van der Waals surface area contributed by atoms with E-state index in [2.05, 4.69) is 15.1 Å². The van der Waals surface area contributed by atoms with Crippen LogP contribution < -0.4 is 10.2 Å². The van der Waals surface area contributed by atoms with Gasteiger partial charge in [0.15, 0.2) is 5.78 Å². The highest BCUT2D eigenvalue weighted by atomic mass is 16.2. The van der Waals surface area contributed by atoms with Crippen LogP contribution in [0.15, 0.2) is 24.3 Å². The number of carbonyl (C=O) groups is 2. The minimum absolute atomic E-state index is 0.0668. The molecule has 1 saturated heterocycles. The number of anilines is 1.